The molecule has 3 aromatic rings. The molecule has 0 spiro atoms. The molecule has 1 aliphatic heterocycles. The minimum atomic E-state index is -0.239. The summed E-state index contributed by atoms with van der Waals surface area (Å²) in [5.41, 5.74) is 8.74. The van der Waals surface area contributed by atoms with E-state index in [2.05, 4.69) is 9.80 Å². The molecule has 6 heteroatoms. The van der Waals surface area contributed by atoms with Crippen molar-refractivity contribution in [2.45, 2.75) is 18.8 Å². The van der Waals surface area contributed by atoms with Crippen LogP contribution in [-0.4, -0.2) is 55.7 Å². The Labute approximate surface area is 200 Å². The number of hydrogen-bond acceptors (Lipinski definition) is 4. The van der Waals surface area contributed by atoms with E-state index in [1.165, 1.54) is 24.3 Å². The summed E-state index contributed by atoms with van der Waals surface area (Å²) in [5.74, 6) is 0.400. The molecule has 0 saturated carbocycles. The van der Waals surface area contributed by atoms with Crippen LogP contribution in [-0.2, 0) is 0 Å². The van der Waals surface area contributed by atoms with Gasteiger partial charge in [-0.15, -0.1) is 0 Å². The molecule has 1 heterocycles. The minimum absolute atomic E-state index is 0.130. The largest absolute Gasteiger partial charge is 0.490 e. The summed E-state index contributed by atoms with van der Waals surface area (Å²) in [5, 5.41) is 0. The van der Waals surface area contributed by atoms with Crippen molar-refractivity contribution in [2.24, 2.45) is 0 Å². The van der Waals surface area contributed by atoms with E-state index in [9.17, 15) is 8.78 Å². The topological polar surface area (TPSA) is 41.7 Å². The van der Waals surface area contributed by atoms with Crippen LogP contribution in [0, 0.1) is 11.6 Å². The number of hydrogen-bond donors (Lipinski definition) is 1. The number of piperazine rings is 1. The monoisotopic (exact) mass is 465 g/mol. The number of halogens is 2. The van der Waals surface area contributed by atoms with Crippen LogP contribution in [0.2, 0.25) is 0 Å². The van der Waals surface area contributed by atoms with Crippen molar-refractivity contribution in [1.29, 1.82) is 0 Å². The van der Waals surface area contributed by atoms with Gasteiger partial charge in [0, 0.05) is 38.6 Å². The average Bonchev–Trinajstić information content (AvgIpc) is 2.85. The zero-order valence-corrected chi connectivity index (χ0v) is 19.5. The molecule has 0 aromatic heterocycles. The highest BCUT2D eigenvalue weighted by atomic mass is 19.1. The number of para-hydroxylation sites is 2. The second kappa shape index (κ2) is 12.0. The van der Waals surface area contributed by atoms with Crippen LogP contribution in [0.25, 0.3) is 0 Å². The van der Waals surface area contributed by atoms with Gasteiger partial charge in [-0.2, -0.15) is 0 Å². The molecule has 34 heavy (non-hydrogen) atoms. The lowest BCUT2D eigenvalue weighted by Crippen LogP contribution is -2.47. The van der Waals surface area contributed by atoms with Gasteiger partial charge in [0.2, 0.25) is 0 Å². The summed E-state index contributed by atoms with van der Waals surface area (Å²) in [4.78, 5) is 4.92. The molecule has 4 rings (SSSR count). The van der Waals surface area contributed by atoms with Crippen LogP contribution in [0.1, 0.15) is 29.9 Å². The molecule has 1 saturated heterocycles. The van der Waals surface area contributed by atoms with Crippen LogP contribution in [0.3, 0.4) is 0 Å². The highest BCUT2D eigenvalue weighted by molar-refractivity contribution is 5.51. The highest BCUT2D eigenvalue weighted by Gasteiger charge is 2.19. The first kappa shape index (κ1) is 24.2. The Morgan fingerprint density at radius 3 is 1.82 bits per heavy atom. The smallest absolute Gasteiger partial charge is 0.142 e. The summed E-state index contributed by atoms with van der Waals surface area (Å²) >= 11 is 0. The molecular weight excluding hydrogens is 432 g/mol. The van der Waals surface area contributed by atoms with Gasteiger partial charge in [0.1, 0.15) is 24.0 Å². The molecule has 1 aliphatic rings. The molecule has 0 atom stereocenters. The van der Waals surface area contributed by atoms with Crippen LogP contribution in [0.4, 0.5) is 14.5 Å². The SMILES string of the molecule is Nc1ccccc1OCCN1CCN(CCCC(c2ccc(F)cc2)c2ccc(F)cc2)CC1. The normalized spacial score (nSPS) is 15.0. The molecule has 2 N–H and O–H groups in total. The van der Waals surface area contributed by atoms with Crippen molar-refractivity contribution in [3.05, 3.63) is 95.6 Å². The van der Waals surface area contributed by atoms with E-state index in [1.54, 1.807) is 0 Å². The third-order valence-corrected chi connectivity index (χ3v) is 6.56. The van der Waals surface area contributed by atoms with E-state index >= 15 is 0 Å². The fourth-order valence-corrected chi connectivity index (χ4v) is 4.57. The third-order valence-electron chi connectivity index (χ3n) is 6.56. The van der Waals surface area contributed by atoms with Gasteiger partial charge in [-0.3, -0.25) is 4.90 Å². The molecule has 3 aromatic carbocycles. The Morgan fingerprint density at radius 2 is 1.26 bits per heavy atom. The predicted octanol–water partition coefficient (Wildman–Crippen LogP) is 5.16. The van der Waals surface area contributed by atoms with E-state index in [-0.39, 0.29) is 17.6 Å². The highest BCUT2D eigenvalue weighted by Crippen LogP contribution is 2.30. The lowest BCUT2D eigenvalue weighted by Gasteiger charge is -2.34. The van der Waals surface area contributed by atoms with Crippen molar-refractivity contribution in [3.63, 3.8) is 0 Å². The standard InChI is InChI=1S/C28H33F2N3O/c29-24-11-7-22(8-12-24)26(23-9-13-25(30)14-10-23)4-3-15-32-16-18-33(19-17-32)20-21-34-28-6-2-1-5-27(28)31/h1-2,5-14,26H,3-4,15-21,31H2. The second-order valence-corrected chi connectivity index (χ2v) is 8.87. The van der Waals surface area contributed by atoms with E-state index < -0.39 is 0 Å². The molecule has 0 amide bonds. The fraction of sp³-hybridized carbons (Fsp3) is 0.357. The number of benzene rings is 3. The van der Waals surface area contributed by atoms with Gasteiger partial charge in [-0.05, 0) is 66.9 Å². The Bertz CT molecular complexity index is 973. The maximum atomic E-state index is 13.4. The van der Waals surface area contributed by atoms with Gasteiger partial charge in [0.15, 0.2) is 0 Å². The van der Waals surface area contributed by atoms with Crippen molar-refractivity contribution >= 4 is 5.69 Å². The lowest BCUT2D eigenvalue weighted by molar-refractivity contribution is 0.115. The van der Waals surface area contributed by atoms with Crippen LogP contribution in [0.15, 0.2) is 72.8 Å². The molecule has 0 aliphatic carbocycles. The van der Waals surface area contributed by atoms with Crippen molar-refractivity contribution in [3.8, 4) is 5.75 Å². The molecule has 4 nitrogen and oxygen atoms in total. The van der Waals surface area contributed by atoms with Gasteiger partial charge in [0.25, 0.3) is 0 Å². The van der Waals surface area contributed by atoms with Crippen molar-refractivity contribution < 1.29 is 13.5 Å². The first-order valence-corrected chi connectivity index (χ1v) is 12.0. The van der Waals surface area contributed by atoms with E-state index in [0.29, 0.717) is 12.3 Å². The number of nitrogens with zero attached hydrogens (tertiary/aromatic N) is 2. The summed E-state index contributed by atoms with van der Waals surface area (Å²) in [6.07, 6.45) is 1.96. The first-order valence-electron chi connectivity index (χ1n) is 12.0. The number of anilines is 1. The summed E-state index contributed by atoms with van der Waals surface area (Å²) in [6.45, 7) is 6.64. The fourth-order valence-electron chi connectivity index (χ4n) is 4.57. The minimum Gasteiger partial charge on any atom is -0.490 e. The van der Waals surface area contributed by atoms with E-state index in [1.807, 2.05) is 48.5 Å². The zero-order valence-electron chi connectivity index (χ0n) is 19.5. The third kappa shape index (κ3) is 6.78. The van der Waals surface area contributed by atoms with Gasteiger partial charge in [0.05, 0.1) is 5.69 Å². The summed E-state index contributed by atoms with van der Waals surface area (Å²) in [6, 6.07) is 21.0. The van der Waals surface area contributed by atoms with Crippen molar-refractivity contribution in [2.75, 3.05) is 51.6 Å². The Hall–Kier alpha value is -2.96. The molecule has 0 unspecified atom stereocenters. The first-order chi connectivity index (χ1) is 16.6. The summed E-state index contributed by atoms with van der Waals surface area (Å²) < 4.78 is 32.7. The van der Waals surface area contributed by atoms with Gasteiger partial charge in [-0.25, -0.2) is 8.78 Å². The van der Waals surface area contributed by atoms with E-state index in [4.69, 9.17) is 10.5 Å². The van der Waals surface area contributed by atoms with Gasteiger partial charge in [-0.1, -0.05) is 36.4 Å². The van der Waals surface area contributed by atoms with Crippen LogP contribution < -0.4 is 10.5 Å². The van der Waals surface area contributed by atoms with Crippen LogP contribution in [0.5, 0.6) is 5.75 Å². The summed E-state index contributed by atoms with van der Waals surface area (Å²) in [7, 11) is 0. The Morgan fingerprint density at radius 1 is 0.735 bits per heavy atom. The average molecular weight is 466 g/mol. The maximum Gasteiger partial charge on any atom is 0.142 e. The Kier molecular flexibility index (Phi) is 8.50. The number of rotatable bonds is 10. The maximum absolute atomic E-state index is 13.4. The molecule has 0 bridgehead atoms. The predicted molar refractivity (Wildman–Crippen MR) is 133 cm³/mol. The zero-order chi connectivity index (χ0) is 23.8. The molecule has 1 fully saturated rings. The number of ether oxygens (including phenoxy) is 1. The van der Waals surface area contributed by atoms with Gasteiger partial charge < -0.3 is 15.4 Å². The second-order valence-electron chi connectivity index (χ2n) is 8.87. The van der Waals surface area contributed by atoms with Crippen molar-refractivity contribution in [1.82, 2.24) is 9.80 Å². The van der Waals surface area contributed by atoms with Gasteiger partial charge >= 0.3 is 0 Å². The molecular formula is C28H33F2N3O. The lowest BCUT2D eigenvalue weighted by atomic mass is 9.87. The van der Waals surface area contributed by atoms with E-state index in [0.717, 1.165) is 69.0 Å². The van der Waals surface area contributed by atoms with Crippen LogP contribution >= 0.6 is 0 Å². The molecule has 180 valence electrons. The quantitative estimate of drug-likeness (QED) is 0.420. The number of nitrogens with two attached hydrogens (primary N) is 1. The number of nitrogen functional groups attached to an aromatic ring is 1. The molecule has 0 radical (unpaired) electrons. The Balaban J connectivity index is 1.22.